The molecular formula is C24H36F3NO2. The molecule has 1 saturated heterocycles. The fourth-order valence-corrected chi connectivity index (χ4v) is 4.64. The molecule has 170 valence electrons. The van der Waals surface area contributed by atoms with Crippen LogP contribution in [-0.2, 0) is 11.0 Å². The van der Waals surface area contributed by atoms with Crippen molar-refractivity contribution in [2.45, 2.75) is 84.5 Å². The van der Waals surface area contributed by atoms with Crippen LogP contribution in [0.5, 0.6) is 0 Å². The molecule has 0 radical (unpaired) electrons. The number of aliphatic carboxylic acids is 1. The van der Waals surface area contributed by atoms with Crippen molar-refractivity contribution in [2.24, 2.45) is 17.8 Å². The standard InChI is InChI=1S/C24H36F3NO2/c1-16(2)5-10-21(13-17(3)4)28-12-11-18(15-23(29)30)14-22(28)19-6-8-20(9-7-19)24(25,26)27/h6-9,16-18,21-22H,5,10-15H2,1-4H3,(H,29,30)/t18-,21+,22+/m1/s1. The molecular weight excluding hydrogens is 391 g/mol. The second-order valence-corrected chi connectivity index (χ2v) is 9.62. The Kier molecular flexibility index (Phi) is 8.77. The third kappa shape index (κ3) is 7.29. The van der Waals surface area contributed by atoms with Crippen LogP contribution in [0.2, 0.25) is 0 Å². The molecule has 2 rings (SSSR count). The number of nitrogens with zero attached hydrogens (tertiary/aromatic N) is 1. The van der Waals surface area contributed by atoms with Gasteiger partial charge in [-0.25, -0.2) is 0 Å². The summed E-state index contributed by atoms with van der Waals surface area (Å²) < 4.78 is 39.0. The SMILES string of the molecule is CC(C)CC[C@@H](CC(C)C)N1CC[C@@H](CC(=O)O)C[C@H]1c1ccc(C(F)(F)F)cc1. The van der Waals surface area contributed by atoms with E-state index in [1.165, 1.54) is 0 Å². The van der Waals surface area contributed by atoms with Crippen molar-refractivity contribution < 1.29 is 23.1 Å². The molecule has 1 aromatic carbocycles. The van der Waals surface area contributed by atoms with E-state index in [9.17, 15) is 23.1 Å². The van der Waals surface area contributed by atoms with Crippen molar-refractivity contribution >= 4 is 5.97 Å². The zero-order valence-corrected chi connectivity index (χ0v) is 18.6. The summed E-state index contributed by atoms with van der Waals surface area (Å²) in [5.41, 5.74) is 0.214. The summed E-state index contributed by atoms with van der Waals surface area (Å²) in [6.07, 6.45) is 0.448. The van der Waals surface area contributed by atoms with Crippen LogP contribution >= 0.6 is 0 Å². The number of carboxylic acid groups (broad SMARTS) is 1. The Labute approximate surface area is 178 Å². The Morgan fingerprint density at radius 3 is 2.23 bits per heavy atom. The predicted octanol–water partition coefficient (Wildman–Crippen LogP) is 6.78. The zero-order chi connectivity index (χ0) is 22.5. The average molecular weight is 428 g/mol. The molecule has 1 heterocycles. The number of likely N-dealkylation sites (tertiary alicyclic amines) is 1. The van der Waals surface area contributed by atoms with Gasteiger partial charge in [-0.05, 0) is 74.1 Å². The minimum atomic E-state index is -4.35. The number of rotatable bonds is 9. The maximum absolute atomic E-state index is 13.0. The number of halogens is 3. The van der Waals surface area contributed by atoms with Crippen LogP contribution in [0.15, 0.2) is 24.3 Å². The summed E-state index contributed by atoms with van der Waals surface area (Å²) in [5, 5.41) is 9.25. The number of hydrogen-bond donors (Lipinski definition) is 1. The first-order valence-corrected chi connectivity index (χ1v) is 11.1. The highest BCUT2D eigenvalue weighted by atomic mass is 19.4. The molecule has 0 amide bonds. The maximum Gasteiger partial charge on any atom is 0.416 e. The first-order chi connectivity index (χ1) is 14.0. The van der Waals surface area contributed by atoms with Crippen LogP contribution in [-0.4, -0.2) is 28.6 Å². The first kappa shape index (κ1) is 24.7. The molecule has 0 saturated carbocycles. The van der Waals surface area contributed by atoms with Crippen LogP contribution < -0.4 is 0 Å². The third-order valence-electron chi connectivity index (χ3n) is 6.13. The molecule has 30 heavy (non-hydrogen) atoms. The molecule has 3 nitrogen and oxygen atoms in total. The van der Waals surface area contributed by atoms with Crippen molar-refractivity contribution in [3.8, 4) is 0 Å². The van der Waals surface area contributed by atoms with Crippen LogP contribution in [0.1, 0.15) is 83.4 Å². The van der Waals surface area contributed by atoms with Crippen LogP contribution in [0.3, 0.4) is 0 Å². The third-order valence-corrected chi connectivity index (χ3v) is 6.13. The van der Waals surface area contributed by atoms with E-state index in [4.69, 9.17) is 0 Å². The van der Waals surface area contributed by atoms with E-state index in [1.807, 2.05) is 0 Å². The molecule has 1 aliphatic rings. The minimum absolute atomic E-state index is 0.0405. The Morgan fingerprint density at radius 2 is 1.73 bits per heavy atom. The van der Waals surface area contributed by atoms with Gasteiger partial charge in [-0.3, -0.25) is 9.69 Å². The summed E-state index contributed by atoms with van der Waals surface area (Å²) in [7, 11) is 0. The number of piperidine rings is 1. The van der Waals surface area contributed by atoms with Gasteiger partial charge in [-0.15, -0.1) is 0 Å². The number of benzene rings is 1. The largest absolute Gasteiger partial charge is 0.481 e. The van der Waals surface area contributed by atoms with Gasteiger partial charge >= 0.3 is 12.1 Å². The highest BCUT2D eigenvalue weighted by Gasteiger charge is 2.36. The summed E-state index contributed by atoms with van der Waals surface area (Å²) in [6.45, 7) is 9.61. The van der Waals surface area contributed by atoms with Gasteiger partial charge in [0.25, 0.3) is 0 Å². The summed E-state index contributed by atoms with van der Waals surface area (Å²) in [4.78, 5) is 13.7. The first-order valence-electron chi connectivity index (χ1n) is 11.1. The quantitative estimate of drug-likeness (QED) is 0.472. The predicted molar refractivity (Wildman–Crippen MR) is 113 cm³/mol. The monoisotopic (exact) mass is 427 g/mol. The topological polar surface area (TPSA) is 40.5 Å². The van der Waals surface area contributed by atoms with E-state index in [2.05, 4.69) is 32.6 Å². The molecule has 1 aliphatic heterocycles. The summed E-state index contributed by atoms with van der Waals surface area (Å²) >= 11 is 0. The lowest BCUT2D eigenvalue weighted by atomic mass is 9.82. The smallest absolute Gasteiger partial charge is 0.416 e. The number of carboxylic acids is 1. The van der Waals surface area contributed by atoms with Crippen molar-refractivity contribution in [2.75, 3.05) is 6.54 Å². The van der Waals surface area contributed by atoms with Crippen molar-refractivity contribution in [3.63, 3.8) is 0 Å². The van der Waals surface area contributed by atoms with Crippen molar-refractivity contribution in [3.05, 3.63) is 35.4 Å². The molecule has 1 N–H and O–H groups in total. The van der Waals surface area contributed by atoms with Gasteiger partial charge in [0.2, 0.25) is 0 Å². The van der Waals surface area contributed by atoms with Crippen LogP contribution in [0, 0.1) is 17.8 Å². The van der Waals surface area contributed by atoms with Crippen molar-refractivity contribution in [1.82, 2.24) is 4.90 Å². The molecule has 1 aromatic rings. The van der Waals surface area contributed by atoms with Gasteiger partial charge in [0.05, 0.1) is 5.56 Å². The Hall–Kier alpha value is -1.56. The molecule has 0 spiro atoms. The highest BCUT2D eigenvalue weighted by Crippen LogP contribution is 2.40. The van der Waals surface area contributed by atoms with E-state index in [-0.39, 0.29) is 18.4 Å². The van der Waals surface area contributed by atoms with E-state index in [0.717, 1.165) is 49.9 Å². The second kappa shape index (κ2) is 10.7. The summed E-state index contributed by atoms with van der Waals surface area (Å²) in [5.74, 6) is 0.356. The van der Waals surface area contributed by atoms with Gasteiger partial charge in [-0.1, -0.05) is 39.8 Å². The number of carbonyl (C=O) groups is 1. The highest BCUT2D eigenvalue weighted by molar-refractivity contribution is 5.67. The Balaban J connectivity index is 2.31. The van der Waals surface area contributed by atoms with Gasteiger partial charge in [0.1, 0.15) is 0 Å². The fraction of sp³-hybridized carbons (Fsp3) is 0.708. The van der Waals surface area contributed by atoms with Gasteiger partial charge < -0.3 is 5.11 Å². The van der Waals surface area contributed by atoms with Crippen molar-refractivity contribution in [1.29, 1.82) is 0 Å². The van der Waals surface area contributed by atoms with Gasteiger partial charge in [-0.2, -0.15) is 13.2 Å². The molecule has 6 heteroatoms. The number of hydrogen-bond acceptors (Lipinski definition) is 2. The zero-order valence-electron chi connectivity index (χ0n) is 18.6. The average Bonchev–Trinajstić information content (AvgIpc) is 2.64. The fourth-order valence-electron chi connectivity index (χ4n) is 4.64. The molecule has 0 aliphatic carbocycles. The molecule has 0 bridgehead atoms. The Bertz CT molecular complexity index is 670. The molecule has 3 atom stereocenters. The summed E-state index contributed by atoms with van der Waals surface area (Å²) in [6, 6.07) is 5.78. The molecule has 0 unspecified atom stereocenters. The lowest BCUT2D eigenvalue weighted by molar-refractivity contribution is -0.139. The lowest BCUT2D eigenvalue weighted by Gasteiger charge is -2.45. The van der Waals surface area contributed by atoms with E-state index >= 15 is 0 Å². The van der Waals surface area contributed by atoms with Gasteiger partial charge in [0, 0.05) is 18.5 Å². The Morgan fingerprint density at radius 1 is 1.10 bits per heavy atom. The van der Waals surface area contributed by atoms with Crippen LogP contribution in [0.25, 0.3) is 0 Å². The molecule has 0 aromatic heterocycles. The normalized spacial score (nSPS) is 21.9. The van der Waals surface area contributed by atoms with Crippen LogP contribution in [0.4, 0.5) is 13.2 Å². The second-order valence-electron chi connectivity index (χ2n) is 9.62. The maximum atomic E-state index is 13.0. The number of alkyl halides is 3. The van der Waals surface area contributed by atoms with Gasteiger partial charge in [0.15, 0.2) is 0 Å². The van der Waals surface area contributed by atoms with E-state index in [1.54, 1.807) is 12.1 Å². The lowest BCUT2D eigenvalue weighted by Crippen LogP contribution is -2.44. The van der Waals surface area contributed by atoms with E-state index in [0.29, 0.717) is 24.3 Å². The van der Waals surface area contributed by atoms with E-state index < -0.39 is 17.7 Å². The molecule has 1 fully saturated rings. The minimum Gasteiger partial charge on any atom is -0.481 e.